The van der Waals surface area contributed by atoms with Crippen molar-refractivity contribution in [2.45, 2.75) is 33.6 Å². The number of fused-ring (bicyclic) bond motifs is 1. The lowest BCUT2D eigenvalue weighted by Crippen LogP contribution is -2.32. The van der Waals surface area contributed by atoms with Crippen LogP contribution in [0.3, 0.4) is 0 Å². The Labute approximate surface area is 129 Å². The molecular formula is C16H20ClNOS. The second-order valence-corrected chi connectivity index (χ2v) is 6.47. The normalized spacial score (nSPS) is 11.0. The molecule has 2 aromatic rings. The highest BCUT2D eigenvalue weighted by Crippen LogP contribution is 2.36. The molecule has 0 radical (unpaired) electrons. The van der Waals surface area contributed by atoms with Crippen LogP contribution < -0.4 is 0 Å². The molecule has 0 aliphatic rings. The Morgan fingerprint density at radius 3 is 2.50 bits per heavy atom. The minimum absolute atomic E-state index is 0.0672. The summed E-state index contributed by atoms with van der Waals surface area (Å²) < 4.78 is 1.09. The van der Waals surface area contributed by atoms with Crippen molar-refractivity contribution in [3.05, 3.63) is 33.7 Å². The molecule has 2 rings (SSSR count). The monoisotopic (exact) mass is 309 g/mol. The van der Waals surface area contributed by atoms with Crippen LogP contribution in [0.5, 0.6) is 0 Å². The average molecular weight is 310 g/mol. The number of halogens is 1. The maximum atomic E-state index is 12.7. The molecule has 108 valence electrons. The predicted molar refractivity (Wildman–Crippen MR) is 88.1 cm³/mol. The van der Waals surface area contributed by atoms with Crippen molar-refractivity contribution >= 4 is 38.9 Å². The number of carbonyl (C=O) groups excluding carboxylic acids is 1. The van der Waals surface area contributed by atoms with Gasteiger partial charge in [-0.2, -0.15) is 0 Å². The van der Waals surface area contributed by atoms with Gasteiger partial charge in [-0.25, -0.2) is 0 Å². The molecule has 0 fully saturated rings. The molecule has 0 spiro atoms. The molecule has 0 atom stereocenters. The topological polar surface area (TPSA) is 20.3 Å². The number of carbonyl (C=O) groups is 1. The number of benzene rings is 1. The molecule has 0 N–H and O–H groups in total. The Balaban J connectivity index is 2.40. The lowest BCUT2D eigenvalue weighted by Gasteiger charge is -2.20. The third-order valence-corrected chi connectivity index (χ3v) is 4.90. The smallest absolute Gasteiger partial charge is 0.265 e. The second kappa shape index (κ2) is 6.59. The van der Waals surface area contributed by atoms with Gasteiger partial charge in [0.05, 0.1) is 5.02 Å². The van der Waals surface area contributed by atoms with Gasteiger partial charge in [0.25, 0.3) is 5.91 Å². The highest BCUT2D eigenvalue weighted by Gasteiger charge is 2.21. The van der Waals surface area contributed by atoms with Gasteiger partial charge in [-0.3, -0.25) is 4.79 Å². The molecule has 0 aliphatic heterocycles. The molecule has 0 bridgehead atoms. The summed E-state index contributed by atoms with van der Waals surface area (Å²) in [6.45, 7) is 7.80. The molecular weight excluding hydrogens is 290 g/mol. The van der Waals surface area contributed by atoms with Crippen LogP contribution in [0.1, 0.15) is 41.9 Å². The van der Waals surface area contributed by atoms with E-state index in [2.05, 4.69) is 26.8 Å². The van der Waals surface area contributed by atoms with Crippen molar-refractivity contribution in [3.63, 3.8) is 0 Å². The van der Waals surface area contributed by atoms with Gasteiger partial charge in [0, 0.05) is 23.2 Å². The number of hydrogen-bond donors (Lipinski definition) is 0. The highest BCUT2D eigenvalue weighted by molar-refractivity contribution is 7.21. The van der Waals surface area contributed by atoms with Crippen molar-refractivity contribution in [2.24, 2.45) is 0 Å². The zero-order valence-corrected chi connectivity index (χ0v) is 13.8. The first-order valence-corrected chi connectivity index (χ1v) is 8.25. The van der Waals surface area contributed by atoms with Gasteiger partial charge in [-0.15, -0.1) is 11.3 Å². The van der Waals surface area contributed by atoms with E-state index in [-0.39, 0.29) is 5.91 Å². The minimum Gasteiger partial charge on any atom is -0.338 e. The van der Waals surface area contributed by atoms with Gasteiger partial charge < -0.3 is 4.90 Å². The quantitative estimate of drug-likeness (QED) is 0.750. The fourth-order valence-electron chi connectivity index (χ4n) is 2.31. The summed E-state index contributed by atoms with van der Waals surface area (Å²) in [5, 5.41) is 1.59. The van der Waals surface area contributed by atoms with E-state index in [0.29, 0.717) is 9.90 Å². The molecule has 0 saturated heterocycles. The standard InChI is InChI=1S/C16H20ClNOS/c1-4-8-18(9-5-2)16(19)15-14(17)12-7-6-11(3)10-13(12)20-15/h6-7,10H,4-5,8-9H2,1-3H3. The summed E-state index contributed by atoms with van der Waals surface area (Å²) in [5.74, 6) is 0.0672. The van der Waals surface area contributed by atoms with Crippen LogP contribution in [0.25, 0.3) is 10.1 Å². The van der Waals surface area contributed by atoms with E-state index in [0.717, 1.165) is 36.0 Å². The minimum atomic E-state index is 0.0672. The highest BCUT2D eigenvalue weighted by atomic mass is 35.5. The molecule has 0 aliphatic carbocycles. The SMILES string of the molecule is CCCN(CCC)C(=O)c1sc2cc(C)ccc2c1Cl. The van der Waals surface area contributed by atoms with Crippen molar-refractivity contribution in [3.8, 4) is 0 Å². The Kier molecular flexibility index (Phi) is 5.06. The van der Waals surface area contributed by atoms with Crippen LogP contribution in [0, 0.1) is 6.92 Å². The summed E-state index contributed by atoms with van der Waals surface area (Å²) in [6, 6.07) is 6.13. The number of thiophene rings is 1. The zero-order valence-electron chi connectivity index (χ0n) is 12.2. The van der Waals surface area contributed by atoms with Crippen LogP contribution >= 0.6 is 22.9 Å². The number of rotatable bonds is 5. The van der Waals surface area contributed by atoms with Gasteiger partial charge in [0.15, 0.2) is 0 Å². The first-order valence-electron chi connectivity index (χ1n) is 7.06. The van der Waals surface area contributed by atoms with Crippen molar-refractivity contribution in [1.82, 2.24) is 4.90 Å². The van der Waals surface area contributed by atoms with Gasteiger partial charge >= 0.3 is 0 Å². The van der Waals surface area contributed by atoms with E-state index >= 15 is 0 Å². The number of hydrogen-bond acceptors (Lipinski definition) is 2. The first-order chi connectivity index (χ1) is 9.58. The maximum absolute atomic E-state index is 12.7. The third kappa shape index (κ3) is 2.99. The summed E-state index contributed by atoms with van der Waals surface area (Å²) in [4.78, 5) is 15.2. The largest absolute Gasteiger partial charge is 0.338 e. The Morgan fingerprint density at radius 2 is 1.90 bits per heavy atom. The molecule has 1 amide bonds. The molecule has 20 heavy (non-hydrogen) atoms. The van der Waals surface area contributed by atoms with E-state index in [1.54, 1.807) is 0 Å². The second-order valence-electron chi connectivity index (χ2n) is 5.04. The maximum Gasteiger partial charge on any atom is 0.265 e. The molecule has 0 unspecified atom stereocenters. The van der Waals surface area contributed by atoms with Gasteiger partial charge in [-0.05, 0) is 31.4 Å². The molecule has 0 saturated carbocycles. The van der Waals surface area contributed by atoms with E-state index in [9.17, 15) is 4.79 Å². The molecule has 1 aromatic heterocycles. The molecule has 2 nitrogen and oxygen atoms in total. The number of nitrogens with zero attached hydrogens (tertiary/aromatic N) is 1. The predicted octanol–water partition coefficient (Wildman–Crippen LogP) is 5.13. The Morgan fingerprint density at radius 1 is 1.25 bits per heavy atom. The zero-order chi connectivity index (χ0) is 14.7. The summed E-state index contributed by atoms with van der Waals surface area (Å²) >= 11 is 7.91. The van der Waals surface area contributed by atoms with Gasteiger partial charge in [0.2, 0.25) is 0 Å². The van der Waals surface area contributed by atoms with Crippen LogP contribution in [-0.4, -0.2) is 23.9 Å². The first kappa shape index (κ1) is 15.3. The van der Waals surface area contributed by atoms with Gasteiger partial charge in [-0.1, -0.05) is 37.6 Å². The fourth-order valence-corrected chi connectivity index (χ4v) is 3.89. The van der Waals surface area contributed by atoms with E-state index in [4.69, 9.17) is 11.6 Å². The fraction of sp³-hybridized carbons (Fsp3) is 0.438. The number of amides is 1. The molecule has 1 heterocycles. The lowest BCUT2D eigenvalue weighted by atomic mass is 10.2. The van der Waals surface area contributed by atoms with Crippen molar-refractivity contribution < 1.29 is 4.79 Å². The summed E-state index contributed by atoms with van der Waals surface area (Å²) in [7, 11) is 0. The van der Waals surface area contributed by atoms with Crippen LogP contribution in [-0.2, 0) is 0 Å². The van der Waals surface area contributed by atoms with Crippen LogP contribution in [0.4, 0.5) is 0 Å². The van der Waals surface area contributed by atoms with E-state index in [1.165, 1.54) is 16.9 Å². The summed E-state index contributed by atoms with van der Waals surface area (Å²) in [5.41, 5.74) is 1.19. The van der Waals surface area contributed by atoms with Crippen molar-refractivity contribution in [2.75, 3.05) is 13.1 Å². The Bertz CT molecular complexity index is 614. The van der Waals surface area contributed by atoms with E-state index in [1.807, 2.05) is 17.0 Å². The molecule has 4 heteroatoms. The summed E-state index contributed by atoms with van der Waals surface area (Å²) in [6.07, 6.45) is 1.93. The van der Waals surface area contributed by atoms with Crippen LogP contribution in [0.15, 0.2) is 18.2 Å². The van der Waals surface area contributed by atoms with Crippen molar-refractivity contribution in [1.29, 1.82) is 0 Å². The lowest BCUT2D eigenvalue weighted by molar-refractivity contribution is 0.0760. The molecule has 1 aromatic carbocycles. The number of aryl methyl sites for hydroxylation is 1. The van der Waals surface area contributed by atoms with Gasteiger partial charge in [0.1, 0.15) is 4.88 Å². The average Bonchev–Trinajstić information content (AvgIpc) is 2.74. The van der Waals surface area contributed by atoms with Crippen LogP contribution in [0.2, 0.25) is 5.02 Å². The third-order valence-electron chi connectivity index (χ3n) is 3.25. The van der Waals surface area contributed by atoms with E-state index < -0.39 is 0 Å². The Hall–Kier alpha value is -1.06.